The van der Waals surface area contributed by atoms with E-state index in [1.165, 1.54) is 6.07 Å². The molecule has 0 radical (unpaired) electrons. The maximum absolute atomic E-state index is 14.1. The summed E-state index contributed by atoms with van der Waals surface area (Å²) in [5.74, 6) is 2.10. The van der Waals surface area contributed by atoms with Gasteiger partial charge >= 0.3 is 0 Å². The molecule has 8 heteroatoms. The molecule has 1 saturated heterocycles. The minimum atomic E-state index is -0.206. The molecule has 1 N–H and O–H groups in total. The average molecular weight is 530 g/mol. The number of carbonyl (C=O) groups is 1. The number of ketones is 1. The maximum Gasteiger partial charge on any atom is 0.208 e. The molecule has 2 aromatic heterocycles. The van der Waals surface area contributed by atoms with Crippen LogP contribution in [0.25, 0.3) is 11.0 Å². The van der Waals surface area contributed by atoms with Crippen molar-refractivity contribution < 1.29 is 13.9 Å². The van der Waals surface area contributed by atoms with Gasteiger partial charge in [-0.15, -0.1) is 0 Å². The van der Waals surface area contributed by atoms with Crippen molar-refractivity contribution in [1.82, 2.24) is 19.4 Å². The standard InChI is InChI=1S/C31H36FN5O2/c1-19(2)26-15-22(6-8-27(26)32)34-31-35-28-17-24(7-9-29(28)36(31)5)39-25-10-12-33-23(14-25)16-30(38)21-11-13-37(18-21)20(3)4/h6-10,12,14-15,17,19-21H,11,13,16,18H2,1-5H3,(H,34,35)/t21-/m1/s1. The summed E-state index contributed by atoms with van der Waals surface area (Å²) in [4.78, 5) is 24.4. The fourth-order valence-electron chi connectivity index (χ4n) is 5.14. The second kappa shape index (κ2) is 11.1. The van der Waals surface area contributed by atoms with Gasteiger partial charge in [0.2, 0.25) is 5.95 Å². The van der Waals surface area contributed by atoms with Gasteiger partial charge in [0.15, 0.2) is 0 Å². The number of anilines is 2. The Morgan fingerprint density at radius 3 is 2.64 bits per heavy atom. The third-order valence-electron chi connectivity index (χ3n) is 7.51. The number of benzene rings is 2. The van der Waals surface area contributed by atoms with Crippen LogP contribution in [-0.2, 0) is 18.3 Å². The predicted molar refractivity (Wildman–Crippen MR) is 152 cm³/mol. The number of rotatable bonds is 9. The molecule has 39 heavy (non-hydrogen) atoms. The van der Waals surface area contributed by atoms with Crippen molar-refractivity contribution in [1.29, 1.82) is 0 Å². The number of nitrogens with one attached hydrogen (secondary N) is 1. The van der Waals surface area contributed by atoms with Gasteiger partial charge in [0.1, 0.15) is 23.1 Å². The molecule has 0 unspecified atom stereocenters. The fraction of sp³-hybridized carbons (Fsp3) is 0.387. The molecule has 4 aromatic rings. The van der Waals surface area contributed by atoms with Crippen molar-refractivity contribution in [3.05, 3.63) is 71.8 Å². The Labute approximate surface area is 229 Å². The molecule has 1 atom stereocenters. The summed E-state index contributed by atoms with van der Waals surface area (Å²) in [6.07, 6.45) is 2.90. The summed E-state index contributed by atoms with van der Waals surface area (Å²) in [7, 11) is 1.93. The Bertz CT molecular complexity index is 1500. The Balaban J connectivity index is 1.29. The van der Waals surface area contributed by atoms with Crippen LogP contribution in [0.4, 0.5) is 16.0 Å². The van der Waals surface area contributed by atoms with Gasteiger partial charge in [-0.05, 0) is 74.7 Å². The zero-order chi connectivity index (χ0) is 27.7. The Hall–Kier alpha value is -3.78. The first-order valence-corrected chi connectivity index (χ1v) is 13.6. The third kappa shape index (κ3) is 5.96. The number of hydrogen-bond acceptors (Lipinski definition) is 6. The van der Waals surface area contributed by atoms with E-state index in [0.717, 1.165) is 36.2 Å². The predicted octanol–water partition coefficient (Wildman–Crippen LogP) is 6.61. The van der Waals surface area contributed by atoms with Gasteiger partial charge in [-0.2, -0.15) is 0 Å². The molecule has 1 fully saturated rings. The van der Waals surface area contributed by atoms with Crippen molar-refractivity contribution in [2.45, 2.75) is 52.5 Å². The lowest BCUT2D eigenvalue weighted by Gasteiger charge is -2.19. The summed E-state index contributed by atoms with van der Waals surface area (Å²) in [5.41, 5.74) is 3.86. The van der Waals surface area contributed by atoms with Crippen LogP contribution in [-0.4, -0.2) is 44.3 Å². The first-order chi connectivity index (χ1) is 18.7. The van der Waals surface area contributed by atoms with Crippen LogP contribution in [0.2, 0.25) is 0 Å². The molecule has 0 bridgehead atoms. The minimum Gasteiger partial charge on any atom is -0.457 e. The number of imidazole rings is 1. The third-order valence-corrected chi connectivity index (χ3v) is 7.51. The molecule has 3 heterocycles. The molecule has 0 spiro atoms. The van der Waals surface area contributed by atoms with E-state index in [4.69, 9.17) is 9.72 Å². The molecule has 2 aromatic carbocycles. The van der Waals surface area contributed by atoms with Crippen LogP contribution < -0.4 is 10.1 Å². The van der Waals surface area contributed by atoms with Gasteiger partial charge in [0.25, 0.3) is 0 Å². The Kier molecular flexibility index (Phi) is 7.66. The smallest absolute Gasteiger partial charge is 0.208 e. The van der Waals surface area contributed by atoms with Crippen LogP contribution in [0.5, 0.6) is 11.5 Å². The largest absolute Gasteiger partial charge is 0.457 e. The van der Waals surface area contributed by atoms with Crippen molar-refractivity contribution in [3.63, 3.8) is 0 Å². The maximum atomic E-state index is 14.1. The van der Waals surface area contributed by atoms with E-state index in [0.29, 0.717) is 41.2 Å². The lowest BCUT2D eigenvalue weighted by Crippen LogP contribution is -2.30. The molecule has 0 aliphatic carbocycles. The number of hydrogen-bond donors (Lipinski definition) is 1. The topological polar surface area (TPSA) is 72.3 Å². The van der Waals surface area contributed by atoms with E-state index in [-0.39, 0.29) is 23.4 Å². The molecule has 0 saturated carbocycles. The normalized spacial score (nSPS) is 15.9. The van der Waals surface area contributed by atoms with Crippen LogP contribution >= 0.6 is 0 Å². The fourth-order valence-corrected chi connectivity index (χ4v) is 5.14. The van der Waals surface area contributed by atoms with Crippen molar-refractivity contribution in [2.75, 3.05) is 18.4 Å². The number of fused-ring (bicyclic) bond motifs is 1. The van der Waals surface area contributed by atoms with Gasteiger partial charge in [-0.3, -0.25) is 9.78 Å². The van der Waals surface area contributed by atoms with Crippen molar-refractivity contribution in [3.8, 4) is 11.5 Å². The van der Waals surface area contributed by atoms with Crippen molar-refractivity contribution >= 4 is 28.5 Å². The average Bonchev–Trinajstić information content (AvgIpc) is 3.51. The van der Waals surface area contributed by atoms with E-state index in [9.17, 15) is 9.18 Å². The molecule has 1 aliphatic rings. The van der Waals surface area contributed by atoms with Gasteiger partial charge in [0.05, 0.1) is 16.7 Å². The summed E-state index contributed by atoms with van der Waals surface area (Å²) in [5, 5.41) is 3.31. The van der Waals surface area contributed by atoms with Gasteiger partial charge in [0, 0.05) is 56.0 Å². The van der Waals surface area contributed by atoms with E-state index in [1.807, 2.05) is 55.8 Å². The highest BCUT2D eigenvalue weighted by atomic mass is 19.1. The van der Waals surface area contributed by atoms with E-state index in [2.05, 4.69) is 29.0 Å². The van der Waals surface area contributed by atoms with Crippen molar-refractivity contribution in [2.24, 2.45) is 13.0 Å². The number of nitrogens with zero attached hydrogens (tertiary/aromatic N) is 4. The van der Waals surface area contributed by atoms with Gasteiger partial charge in [-0.1, -0.05) is 13.8 Å². The van der Waals surface area contributed by atoms with E-state index >= 15 is 0 Å². The lowest BCUT2D eigenvalue weighted by molar-refractivity contribution is -0.121. The molecule has 0 amide bonds. The monoisotopic (exact) mass is 529 g/mol. The second-order valence-corrected chi connectivity index (χ2v) is 11.0. The number of pyridine rings is 1. The number of aromatic nitrogens is 3. The number of Topliss-reactive ketones (excluding diaryl/α,β-unsaturated/α-hetero) is 1. The summed E-state index contributed by atoms with van der Waals surface area (Å²) in [6, 6.07) is 14.9. The molecule has 7 nitrogen and oxygen atoms in total. The zero-order valence-electron chi connectivity index (χ0n) is 23.2. The second-order valence-electron chi connectivity index (χ2n) is 11.0. The highest BCUT2D eigenvalue weighted by Crippen LogP contribution is 2.30. The zero-order valence-corrected chi connectivity index (χ0v) is 23.2. The summed E-state index contributed by atoms with van der Waals surface area (Å²) >= 11 is 0. The quantitative estimate of drug-likeness (QED) is 0.263. The number of carbonyl (C=O) groups excluding carboxylic acids is 1. The minimum absolute atomic E-state index is 0.0695. The number of ether oxygens (including phenoxy) is 1. The van der Waals surface area contributed by atoms with E-state index < -0.39 is 0 Å². The van der Waals surface area contributed by atoms with Crippen LogP contribution in [0.15, 0.2) is 54.7 Å². The van der Waals surface area contributed by atoms with Gasteiger partial charge < -0.3 is 19.5 Å². The SMILES string of the molecule is CC(C)c1cc(Nc2nc3cc(Oc4ccnc(CC(=O)[C@@H]5CCN(C(C)C)C5)c4)ccc3n2C)ccc1F. The molecule has 1 aliphatic heterocycles. The van der Waals surface area contributed by atoms with Gasteiger partial charge in [-0.25, -0.2) is 9.37 Å². The highest BCUT2D eigenvalue weighted by molar-refractivity contribution is 5.83. The van der Waals surface area contributed by atoms with Crippen LogP contribution in [0.3, 0.4) is 0 Å². The van der Waals surface area contributed by atoms with Crippen LogP contribution in [0.1, 0.15) is 51.3 Å². The number of aryl methyl sites for hydroxylation is 1. The lowest BCUT2D eigenvalue weighted by atomic mass is 9.99. The molecule has 204 valence electrons. The van der Waals surface area contributed by atoms with E-state index in [1.54, 1.807) is 18.3 Å². The summed E-state index contributed by atoms with van der Waals surface area (Å²) in [6.45, 7) is 10.1. The molecular formula is C31H36FN5O2. The first-order valence-electron chi connectivity index (χ1n) is 13.6. The number of likely N-dealkylation sites (tertiary alicyclic amines) is 1. The molecular weight excluding hydrogens is 493 g/mol. The molecule has 5 rings (SSSR count). The summed E-state index contributed by atoms with van der Waals surface area (Å²) < 4.78 is 22.2. The first kappa shape index (κ1) is 26.8. The highest BCUT2D eigenvalue weighted by Gasteiger charge is 2.29. The number of halogens is 1. The van der Waals surface area contributed by atoms with Crippen LogP contribution in [0, 0.1) is 11.7 Å². The Morgan fingerprint density at radius 2 is 1.90 bits per heavy atom. The Morgan fingerprint density at radius 1 is 1.10 bits per heavy atom.